The lowest BCUT2D eigenvalue weighted by molar-refractivity contribution is -0.0176. The zero-order valence-electron chi connectivity index (χ0n) is 12.0. The fourth-order valence-corrected chi connectivity index (χ4v) is 7.18. The summed E-state index contributed by atoms with van der Waals surface area (Å²) in [5.74, 6) is 4.11. The number of nitrogens with zero attached hydrogens (tertiary/aromatic N) is 1. The van der Waals surface area contributed by atoms with Crippen molar-refractivity contribution in [3.63, 3.8) is 0 Å². The molecule has 2 saturated heterocycles. The highest BCUT2D eigenvalue weighted by Gasteiger charge is 2.63. The van der Waals surface area contributed by atoms with Crippen LogP contribution in [0.25, 0.3) is 0 Å². The summed E-state index contributed by atoms with van der Waals surface area (Å²) in [7, 11) is 3.03. The third kappa shape index (κ3) is 1.27. The summed E-state index contributed by atoms with van der Waals surface area (Å²) in [6, 6.07) is 0. The van der Waals surface area contributed by atoms with Crippen molar-refractivity contribution in [2.45, 2.75) is 51.5 Å². The second-order valence-corrected chi connectivity index (χ2v) is 8.46. The normalized spacial score (nSPS) is 58.8. The van der Waals surface area contributed by atoms with Gasteiger partial charge < -0.3 is 0 Å². The highest BCUT2D eigenvalue weighted by Crippen LogP contribution is 2.65. The van der Waals surface area contributed by atoms with Crippen LogP contribution >= 0.6 is 9.24 Å². The molecule has 0 aromatic rings. The van der Waals surface area contributed by atoms with Gasteiger partial charge in [0, 0.05) is 18.6 Å². The summed E-state index contributed by atoms with van der Waals surface area (Å²) in [6.07, 6.45) is 8.88. The molecule has 0 N–H and O–H groups in total. The molecule has 2 aliphatic carbocycles. The van der Waals surface area contributed by atoms with Crippen molar-refractivity contribution in [2.75, 3.05) is 19.3 Å². The second kappa shape index (κ2) is 3.73. The lowest BCUT2D eigenvalue weighted by atomic mass is 9.56. The lowest BCUT2D eigenvalue weighted by Crippen LogP contribution is -2.57. The third-order valence-electron chi connectivity index (χ3n) is 7.76. The number of fused-ring (bicyclic) bond motifs is 5. The Hall–Kier alpha value is 0.390. The first-order valence-corrected chi connectivity index (χ1v) is 8.86. The van der Waals surface area contributed by atoms with E-state index in [4.69, 9.17) is 0 Å². The van der Waals surface area contributed by atoms with Gasteiger partial charge in [-0.15, -0.1) is 9.24 Å². The molecule has 2 saturated carbocycles. The Balaban J connectivity index is 1.65. The maximum Gasteiger partial charge on any atom is 0.0225 e. The molecular weight excluding hydrogens is 237 g/mol. The molecule has 2 heterocycles. The molecule has 0 spiro atoms. The Morgan fingerprint density at radius 2 is 1.94 bits per heavy atom. The molecule has 0 radical (unpaired) electrons. The van der Waals surface area contributed by atoms with Gasteiger partial charge in [-0.1, -0.05) is 6.92 Å². The Kier molecular flexibility index (Phi) is 2.52. The topological polar surface area (TPSA) is 3.24 Å². The highest BCUT2D eigenvalue weighted by molar-refractivity contribution is 7.16. The summed E-state index contributed by atoms with van der Waals surface area (Å²) in [4.78, 5) is 2.82. The van der Waals surface area contributed by atoms with E-state index in [1.807, 2.05) is 0 Å². The summed E-state index contributed by atoms with van der Waals surface area (Å²) in [6.45, 7) is 8.02. The molecule has 0 bridgehead atoms. The van der Waals surface area contributed by atoms with Gasteiger partial charge >= 0.3 is 0 Å². The zero-order valence-corrected chi connectivity index (χ0v) is 13.1. The maximum absolute atomic E-state index is 3.03. The Morgan fingerprint density at radius 3 is 2.61 bits per heavy atom. The van der Waals surface area contributed by atoms with E-state index in [9.17, 15) is 0 Å². The van der Waals surface area contributed by atoms with Gasteiger partial charge in [0.05, 0.1) is 0 Å². The first kappa shape index (κ1) is 12.2. The molecule has 1 nitrogen and oxygen atoms in total. The molecule has 7 unspecified atom stereocenters. The fraction of sp³-hybridized carbons (Fsp3) is 1.00. The smallest absolute Gasteiger partial charge is 0.0225 e. The van der Waals surface area contributed by atoms with Crippen molar-refractivity contribution in [1.82, 2.24) is 4.90 Å². The van der Waals surface area contributed by atoms with Gasteiger partial charge in [0.1, 0.15) is 0 Å². The molecule has 102 valence electrons. The van der Waals surface area contributed by atoms with Crippen molar-refractivity contribution < 1.29 is 0 Å². The van der Waals surface area contributed by atoms with Gasteiger partial charge in [0.25, 0.3) is 0 Å². The number of rotatable bonds is 1. The minimum atomic E-state index is 0.616. The van der Waals surface area contributed by atoms with Crippen LogP contribution < -0.4 is 0 Å². The lowest BCUT2D eigenvalue weighted by Gasteiger charge is -2.52. The van der Waals surface area contributed by atoms with Crippen molar-refractivity contribution in [3.8, 4) is 0 Å². The van der Waals surface area contributed by atoms with Gasteiger partial charge in [-0.3, -0.25) is 4.90 Å². The van der Waals surface area contributed by atoms with E-state index in [-0.39, 0.29) is 0 Å². The fourth-order valence-electron chi connectivity index (χ4n) is 6.41. The first-order valence-electron chi connectivity index (χ1n) is 8.05. The van der Waals surface area contributed by atoms with Crippen LogP contribution in [0, 0.1) is 29.1 Å². The molecule has 4 aliphatic rings. The van der Waals surface area contributed by atoms with Gasteiger partial charge in [-0.25, -0.2) is 0 Å². The molecule has 0 amide bonds. The molecule has 2 aliphatic heterocycles. The summed E-state index contributed by atoms with van der Waals surface area (Å²) in [5, 5.41) is 0. The molecule has 0 aromatic heterocycles. The van der Waals surface area contributed by atoms with Crippen molar-refractivity contribution in [1.29, 1.82) is 0 Å². The van der Waals surface area contributed by atoms with Crippen molar-refractivity contribution in [3.05, 3.63) is 0 Å². The number of hydrogen-bond donors (Lipinski definition) is 0. The quantitative estimate of drug-likeness (QED) is 0.657. The Morgan fingerprint density at radius 1 is 1.11 bits per heavy atom. The molecule has 4 fully saturated rings. The van der Waals surface area contributed by atoms with E-state index < -0.39 is 0 Å². The van der Waals surface area contributed by atoms with Crippen LogP contribution in [0.15, 0.2) is 0 Å². The second-order valence-electron chi connectivity index (χ2n) is 7.98. The predicted octanol–water partition coefficient (Wildman–Crippen LogP) is 3.40. The molecule has 2 heteroatoms. The summed E-state index contributed by atoms with van der Waals surface area (Å²) >= 11 is 0. The van der Waals surface area contributed by atoms with Crippen LogP contribution in [0.2, 0.25) is 0 Å². The van der Waals surface area contributed by atoms with Crippen molar-refractivity contribution in [2.24, 2.45) is 29.1 Å². The van der Waals surface area contributed by atoms with Crippen LogP contribution in [0.4, 0.5) is 0 Å². The highest BCUT2D eigenvalue weighted by atomic mass is 31.0. The Bertz CT molecular complexity index is 370. The molecular formula is C16H28NP. The monoisotopic (exact) mass is 265 g/mol. The summed E-state index contributed by atoms with van der Waals surface area (Å²) in [5.41, 5.74) is 1.30. The average molecular weight is 265 g/mol. The average Bonchev–Trinajstić information content (AvgIpc) is 2.77. The standard InChI is InChI=1S/C16H28NP/c1-15-6-5-14-12(9-17-8-7-16(14,17)2)13(15)4-3-11(15)10-18/h11-14H,3-10,18H2,1-2H3. The van der Waals surface area contributed by atoms with Crippen LogP contribution in [-0.4, -0.2) is 29.7 Å². The van der Waals surface area contributed by atoms with E-state index in [2.05, 4.69) is 28.0 Å². The molecule has 7 atom stereocenters. The summed E-state index contributed by atoms with van der Waals surface area (Å²) < 4.78 is 0. The van der Waals surface area contributed by atoms with E-state index in [0.717, 1.165) is 23.7 Å². The van der Waals surface area contributed by atoms with Crippen LogP contribution in [0.1, 0.15) is 46.0 Å². The van der Waals surface area contributed by atoms with Crippen LogP contribution in [0.5, 0.6) is 0 Å². The number of hydrogen-bond acceptors (Lipinski definition) is 1. The van der Waals surface area contributed by atoms with Crippen molar-refractivity contribution >= 4 is 9.24 Å². The third-order valence-corrected chi connectivity index (χ3v) is 8.33. The van der Waals surface area contributed by atoms with E-state index in [0.29, 0.717) is 11.0 Å². The molecule has 0 aromatic carbocycles. The maximum atomic E-state index is 3.03. The minimum absolute atomic E-state index is 0.616. The van der Waals surface area contributed by atoms with Crippen LogP contribution in [-0.2, 0) is 0 Å². The van der Waals surface area contributed by atoms with E-state index in [1.165, 1.54) is 51.4 Å². The van der Waals surface area contributed by atoms with Gasteiger partial charge in [0.2, 0.25) is 0 Å². The van der Waals surface area contributed by atoms with Gasteiger partial charge in [0.15, 0.2) is 0 Å². The Labute approximate surface area is 114 Å². The van der Waals surface area contributed by atoms with E-state index in [1.54, 1.807) is 0 Å². The van der Waals surface area contributed by atoms with Gasteiger partial charge in [-0.05, 0) is 74.3 Å². The zero-order chi connectivity index (χ0) is 12.5. The SMILES string of the molecule is CC12CCC3C(CN4CCC34C)C1CCC2CP. The van der Waals surface area contributed by atoms with E-state index >= 15 is 0 Å². The van der Waals surface area contributed by atoms with Gasteiger partial charge in [-0.2, -0.15) is 0 Å². The molecule has 18 heavy (non-hydrogen) atoms. The minimum Gasteiger partial charge on any atom is -0.297 e. The largest absolute Gasteiger partial charge is 0.297 e. The molecule has 4 rings (SSSR count). The predicted molar refractivity (Wildman–Crippen MR) is 79.7 cm³/mol. The van der Waals surface area contributed by atoms with Crippen LogP contribution in [0.3, 0.4) is 0 Å². The first-order chi connectivity index (χ1) is 8.59.